The van der Waals surface area contributed by atoms with Crippen LogP contribution in [0.15, 0.2) is 54.6 Å². The fourth-order valence-electron chi connectivity index (χ4n) is 1.89. The van der Waals surface area contributed by atoms with Crippen molar-refractivity contribution in [3.05, 3.63) is 65.7 Å². The maximum atomic E-state index is 10.00. The first-order valence-electron chi connectivity index (χ1n) is 6.36. The molecule has 0 aliphatic rings. The summed E-state index contributed by atoms with van der Waals surface area (Å²) in [6.45, 7) is 1.27. The van der Waals surface area contributed by atoms with E-state index in [9.17, 15) is 5.11 Å². The zero-order valence-corrected chi connectivity index (χ0v) is 11.0. The maximum absolute atomic E-state index is 10.00. The summed E-state index contributed by atoms with van der Waals surface area (Å²) >= 11 is 0. The Morgan fingerprint density at radius 1 is 1.05 bits per heavy atom. The van der Waals surface area contributed by atoms with Crippen molar-refractivity contribution in [2.45, 2.75) is 12.6 Å². The molecule has 0 radical (unpaired) electrons. The highest BCUT2D eigenvalue weighted by Gasteiger charge is 2.05. The summed E-state index contributed by atoms with van der Waals surface area (Å²) in [5, 5.41) is 13.2. The molecule has 0 aliphatic heterocycles. The highest BCUT2D eigenvalue weighted by atomic mass is 16.5. The molecule has 2 N–H and O–H groups in total. The molecule has 0 amide bonds. The van der Waals surface area contributed by atoms with Crippen LogP contribution in [-0.2, 0) is 6.54 Å². The lowest BCUT2D eigenvalue weighted by Crippen LogP contribution is -2.20. The van der Waals surface area contributed by atoms with Crippen molar-refractivity contribution < 1.29 is 9.84 Å². The number of hydrogen-bond donors (Lipinski definition) is 2. The van der Waals surface area contributed by atoms with Crippen molar-refractivity contribution in [2.75, 3.05) is 13.7 Å². The monoisotopic (exact) mass is 257 g/mol. The first-order chi connectivity index (χ1) is 9.29. The third-order valence-corrected chi connectivity index (χ3v) is 3.01. The lowest BCUT2D eigenvalue weighted by Gasteiger charge is -2.12. The SMILES string of the molecule is COc1ccc(CNCC(O)c2ccccc2)cc1. The van der Waals surface area contributed by atoms with Crippen molar-refractivity contribution in [1.82, 2.24) is 5.32 Å². The number of nitrogens with one attached hydrogen (secondary N) is 1. The predicted molar refractivity (Wildman–Crippen MR) is 76.1 cm³/mol. The van der Waals surface area contributed by atoms with E-state index in [2.05, 4.69) is 5.32 Å². The second-order valence-corrected chi connectivity index (χ2v) is 4.41. The van der Waals surface area contributed by atoms with Gasteiger partial charge in [-0.1, -0.05) is 42.5 Å². The Labute approximate surface area is 113 Å². The number of hydrogen-bond acceptors (Lipinski definition) is 3. The molecule has 0 aliphatic carbocycles. The van der Waals surface area contributed by atoms with Gasteiger partial charge in [-0.2, -0.15) is 0 Å². The molecule has 3 heteroatoms. The molecule has 0 heterocycles. The molecule has 3 nitrogen and oxygen atoms in total. The molecule has 0 saturated heterocycles. The summed E-state index contributed by atoms with van der Waals surface area (Å²) in [6.07, 6.45) is -0.473. The quantitative estimate of drug-likeness (QED) is 0.835. The van der Waals surface area contributed by atoms with Gasteiger partial charge in [0.1, 0.15) is 5.75 Å². The Hall–Kier alpha value is -1.84. The Morgan fingerprint density at radius 2 is 1.74 bits per heavy atom. The average Bonchev–Trinajstić information content (AvgIpc) is 2.49. The summed E-state index contributed by atoms with van der Waals surface area (Å²) in [6, 6.07) is 17.6. The van der Waals surface area contributed by atoms with Crippen molar-refractivity contribution in [3.63, 3.8) is 0 Å². The van der Waals surface area contributed by atoms with Gasteiger partial charge in [0.05, 0.1) is 13.2 Å². The van der Waals surface area contributed by atoms with Gasteiger partial charge < -0.3 is 15.2 Å². The van der Waals surface area contributed by atoms with Crippen LogP contribution in [0.3, 0.4) is 0 Å². The third kappa shape index (κ3) is 4.09. The number of rotatable bonds is 6. The molecule has 0 bridgehead atoms. The summed E-state index contributed by atoms with van der Waals surface area (Å²) in [7, 11) is 1.66. The highest BCUT2D eigenvalue weighted by molar-refractivity contribution is 5.27. The van der Waals surface area contributed by atoms with Crippen LogP contribution in [0, 0.1) is 0 Å². The minimum absolute atomic E-state index is 0.473. The van der Waals surface area contributed by atoms with Gasteiger partial charge in [0.2, 0.25) is 0 Å². The van der Waals surface area contributed by atoms with Crippen molar-refractivity contribution >= 4 is 0 Å². The van der Waals surface area contributed by atoms with Crippen LogP contribution in [0.5, 0.6) is 5.75 Å². The molecule has 19 heavy (non-hydrogen) atoms. The van der Waals surface area contributed by atoms with Gasteiger partial charge in [0, 0.05) is 13.1 Å². The molecule has 1 unspecified atom stereocenters. The minimum atomic E-state index is -0.473. The first kappa shape index (κ1) is 13.6. The van der Waals surface area contributed by atoms with Crippen LogP contribution >= 0.6 is 0 Å². The zero-order chi connectivity index (χ0) is 13.5. The van der Waals surface area contributed by atoms with Crippen molar-refractivity contribution in [1.29, 1.82) is 0 Å². The summed E-state index contributed by atoms with van der Waals surface area (Å²) in [5.74, 6) is 0.855. The fraction of sp³-hybridized carbons (Fsp3) is 0.250. The molecule has 100 valence electrons. The highest BCUT2D eigenvalue weighted by Crippen LogP contribution is 2.12. The van der Waals surface area contributed by atoms with E-state index in [0.29, 0.717) is 6.54 Å². The Kier molecular flexibility index (Phi) is 4.95. The number of ether oxygens (including phenoxy) is 1. The molecule has 0 fully saturated rings. The standard InChI is InChI=1S/C16H19NO2/c1-19-15-9-7-13(8-10-15)11-17-12-16(18)14-5-3-2-4-6-14/h2-10,16-18H,11-12H2,1H3. The topological polar surface area (TPSA) is 41.5 Å². The van der Waals surface area contributed by atoms with Gasteiger partial charge in [0.15, 0.2) is 0 Å². The summed E-state index contributed by atoms with van der Waals surface area (Å²) in [5.41, 5.74) is 2.10. The van der Waals surface area contributed by atoms with Gasteiger partial charge in [-0.3, -0.25) is 0 Å². The minimum Gasteiger partial charge on any atom is -0.497 e. The molecule has 2 rings (SSSR count). The van der Waals surface area contributed by atoms with Crippen LogP contribution in [0.25, 0.3) is 0 Å². The number of aliphatic hydroxyl groups excluding tert-OH is 1. The molecule has 2 aromatic carbocycles. The smallest absolute Gasteiger partial charge is 0.118 e. The van der Waals surface area contributed by atoms with E-state index < -0.39 is 6.10 Å². The predicted octanol–water partition coefficient (Wildman–Crippen LogP) is 2.52. The zero-order valence-electron chi connectivity index (χ0n) is 11.0. The van der Waals surface area contributed by atoms with Crippen LogP contribution in [0.4, 0.5) is 0 Å². The summed E-state index contributed by atoms with van der Waals surface area (Å²) < 4.78 is 5.11. The van der Waals surface area contributed by atoms with E-state index in [1.807, 2.05) is 54.6 Å². The maximum Gasteiger partial charge on any atom is 0.118 e. The molecular weight excluding hydrogens is 238 g/mol. The van der Waals surface area contributed by atoms with Gasteiger partial charge in [-0.05, 0) is 23.3 Å². The Balaban J connectivity index is 1.79. The van der Waals surface area contributed by atoms with E-state index in [1.54, 1.807) is 7.11 Å². The van der Waals surface area contributed by atoms with E-state index in [1.165, 1.54) is 5.56 Å². The average molecular weight is 257 g/mol. The molecule has 0 aromatic heterocycles. The van der Waals surface area contributed by atoms with E-state index >= 15 is 0 Å². The lowest BCUT2D eigenvalue weighted by atomic mass is 10.1. The van der Waals surface area contributed by atoms with Crippen molar-refractivity contribution in [3.8, 4) is 5.75 Å². The second-order valence-electron chi connectivity index (χ2n) is 4.41. The van der Waals surface area contributed by atoms with Crippen LogP contribution in [0.1, 0.15) is 17.2 Å². The van der Waals surface area contributed by atoms with Crippen molar-refractivity contribution in [2.24, 2.45) is 0 Å². The first-order valence-corrected chi connectivity index (χ1v) is 6.36. The number of methoxy groups -OCH3 is 1. The largest absolute Gasteiger partial charge is 0.497 e. The third-order valence-electron chi connectivity index (χ3n) is 3.01. The van der Waals surface area contributed by atoms with E-state index in [-0.39, 0.29) is 0 Å². The van der Waals surface area contributed by atoms with Gasteiger partial charge in [-0.15, -0.1) is 0 Å². The van der Waals surface area contributed by atoms with E-state index in [0.717, 1.165) is 17.9 Å². The Bertz CT molecular complexity index is 482. The lowest BCUT2D eigenvalue weighted by molar-refractivity contribution is 0.174. The fourth-order valence-corrected chi connectivity index (χ4v) is 1.89. The van der Waals surface area contributed by atoms with Gasteiger partial charge in [0.25, 0.3) is 0 Å². The van der Waals surface area contributed by atoms with Gasteiger partial charge in [-0.25, -0.2) is 0 Å². The number of aliphatic hydroxyl groups is 1. The van der Waals surface area contributed by atoms with Crippen LogP contribution in [0.2, 0.25) is 0 Å². The molecular formula is C16H19NO2. The second kappa shape index (κ2) is 6.92. The van der Waals surface area contributed by atoms with Crippen LogP contribution < -0.4 is 10.1 Å². The van der Waals surface area contributed by atoms with Gasteiger partial charge >= 0.3 is 0 Å². The summed E-state index contributed by atoms with van der Waals surface area (Å²) in [4.78, 5) is 0. The molecule has 2 aromatic rings. The molecule has 1 atom stereocenters. The molecule has 0 spiro atoms. The van der Waals surface area contributed by atoms with Crippen LogP contribution in [-0.4, -0.2) is 18.8 Å². The normalized spacial score (nSPS) is 12.1. The molecule has 0 saturated carbocycles. The number of benzene rings is 2. The Morgan fingerprint density at radius 3 is 2.37 bits per heavy atom. The van der Waals surface area contributed by atoms with E-state index in [4.69, 9.17) is 4.74 Å².